The Kier molecular flexibility index (Phi) is 5.48. The Morgan fingerprint density at radius 3 is 2.36 bits per heavy atom. The lowest BCUT2D eigenvalue weighted by atomic mass is 9.99. The zero-order valence-corrected chi connectivity index (χ0v) is 18.2. The molecule has 0 aliphatic carbocycles. The number of hydrogen-bond acceptors (Lipinski definition) is 4. The average Bonchev–Trinajstić information content (AvgIpc) is 3.11. The Morgan fingerprint density at radius 1 is 0.929 bits per heavy atom. The fraction of sp³-hybridized carbons (Fsp3) is 0.143. The molecule has 0 radical (unpaired) electrons. The van der Waals surface area contributed by atoms with Crippen LogP contribution in [0.5, 0.6) is 0 Å². The lowest BCUT2D eigenvalue weighted by Crippen LogP contribution is -1.96. The maximum atomic E-state index is 6.33. The molecular formula is C21H16Cl3N3S. The molecule has 0 saturated carbocycles. The molecule has 0 bridgehead atoms. The molecule has 7 heteroatoms. The van der Waals surface area contributed by atoms with Gasteiger partial charge >= 0.3 is 0 Å². The van der Waals surface area contributed by atoms with Crippen LogP contribution in [0.15, 0.2) is 48.1 Å². The Balaban J connectivity index is 1.80. The van der Waals surface area contributed by atoms with Crippen molar-refractivity contribution in [2.75, 3.05) is 5.32 Å². The minimum Gasteiger partial charge on any atom is -0.338 e. The van der Waals surface area contributed by atoms with E-state index in [1.807, 2.05) is 0 Å². The predicted octanol–water partition coefficient (Wildman–Crippen LogP) is 8.19. The first-order valence-electron chi connectivity index (χ1n) is 8.68. The number of benzene rings is 2. The Morgan fingerprint density at radius 2 is 1.64 bits per heavy atom. The van der Waals surface area contributed by atoms with Crippen LogP contribution in [0, 0.1) is 0 Å². The quantitative estimate of drug-likeness (QED) is 0.320. The van der Waals surface area contributed by atoms with Crippen molar-refractivity contribution in [1.82, 2.24) is 9.97 Å². The smallest absolute Gasteiger partial charge is 0.143 e. The lowest BCUT2D eigenvalue weighted by Gasteiger charge is -2.11. The van der Waals surface area contributed by atoms with E-state index in [0.29, 0.717) is 32.5 Å². The third-order valence-electron chi connectivity index (χ3n) is 4.52. The molecule has 0 spiro atoms. The average molecular weight is 449 g/mol. The molecule has 2 aromatic carbocycles. The summed E-state index contributed by atoms with van der Waals surface area (Å²) in [4.78, 5) is 9.77. The molecule has 0 unspecified atom stereocenters. The molecule has 0 fully saturated rings. The van der Waals surface area contributed by atoms with Crippen molar-refractivity contribution in [1.29, 1.82) is 0 Å². The number of thiophene rings is 1. The minimum atomic E-state index is 0.409. The number of anilines is 2. The summed E-state index contributed by atoms with van der Waals surface area (Å²) in [6.07, 6.45) is 1.54. The van der Waals surface area contributed by atoms with Crippen molar-refractivity contribution in [3.63, 3.8) is 0 Å². The molecule has 3 nitrogen and oxygen atoms in total. The summed E-state index contributed by atoms with van der Waals surface area (Å²) < 4.78 is 0. The number of hydrogen-bond donors (Lipinski definition) is 1. The zero-order chi connectivity index (χ0) is 19.8. The first-order chi connectivity index (χ1) is 13.4. The maximum absolute atomic E-state index is 6.33. The van der Waals surface area contributed by atoms with Gasteiger partial charge in [-0.25, -0.2) is 9.97 Å². The molecule has 0 saturated heterocycles. The van der Waals surface area contributed by atoms with Crippen molar-refractivity contribution in [3.05, 3.63) is 68.7 Å². The molecule has 0 atom stereocenters. The summed E-state index contributed by atoms with van der Waals surface area (Å²) in [5.41, 5.74) is 4.15. The first kappa shape index (κ1) is 19.5. The van der Waals surface area contributed by atoms with Gasteiger partial charge in [-0.2, -0.15) is 0 Å². The van der Waals surface area contributed by atoms with Gasteiger partial charge in [-0.05, 0) is 29.2 Å². The second-order valence-electron chi connectivity index (χ2n) is 6.70. The molecule has 0 amide bonds. The summed E-state index contributed by atoms with van der Waals surface area (Å²) in [6.45, 7) is 4.37. The number of halogens is 3. The van der Waals surface area contributed by atoms with Crippen molar-refractivity contribution >= 4 is 67.9 Å². The van der Waals surface area contributed by atoms with Crippen molar-refractivity contribution < 1.29 is 0 Å². The second kappa shape index (κ2) is 7.88. The predicted molar refractivity (Wildman–Crippen MR) is 122 cm³/mol. The molecule has 0 aliphatic rings. The van der Waals surface area contributed by atoms with Crippen LogP contribution in [0.3, 0.4) is 0 Å². The standard InChI is InChI=1S/C21H16Cl3N3S/c1-11(2)12-3-5-13(6-4-12)14-9-28-21-19(14)20(25-10-26-21)27-18-8-16(23)15(22)7-17(18)24/h3-11H,1-2H3,(H,25,26,27). The van der Waals surface area contributed by atoms with Gasteiger partial charge < -0.3 is 5.32 Å². The minimum absolute atomic E-state index is 0.409. The van der Waals surface area contributed by atoms with Crippen LogP contribution in [-0.2, 0) is 0 Å². The van der Waals surface area contributed by atoms with E-state index < -0.39 is 0 Å². The number of rotatable bonds is 4. The third kappa shape index (κ3) is 3.70. The van der Waals surface area contributed by atoms with Gasteiger partial charge in [-0.3, -0.25) is 0 Å². The molecule has 142 valence electrons. The molecule has 28 heavy (non-hydrogen) atoms. The fourth-order valence-electron chi connectivity index (χ4n) is 2.98. The number of nitrogens with one attached hydrogen (secondary N) is 1. The fourth-order valence-corrected chi connectivity index (χ4v) is 4.49. The second-order valence-corrected chi connectivity index (χ2v) is 8.78. The van der Waals surface area contributed by atoms with Gasteiger partial charge in [0.15, 0.2) is 0 Å². The third-order valence-corrected chi connectivity index (χ3v) is 6.44. The highest BCUT2D eigenvalue weighted by molar-refractivity contribution is 7.17. The van der Waals surface area contributed by atoms with Crippen LogP contribution in [0.4, 0.5) is 11.5 Å². The Labute approximate surface area is 182 Å². The maximum Gasteiger partial charge on any atom is 0.143 e. The SMILES string of the molecule is CC(C)c1ccc(-c2csc3ncnc(Nc4cc(Cl)c(Cl)cc4Cl)c23)cc1. The van der Waals surface area contributed by atoms with Gasteiger partial charge in [0.1, 0.15) is 17.0 Å². The highest BCUT2D eigenvalue weighted by Gasteiger charge is 2.15. The zero-order valence-electron chi connectivity index (χ0n) is 15.1. The number of nitrogens with zero attached hydrogens (tertiary/aromatic N) is 2. The van der Waals surface area contributed by atoms with Gasteiger partial charge in [0.2, 0.25) is 0 Å². The Hall–Kier alpha value is -1.85. The van der Waals surface area contributed by atoms with Gasteiger partial charge in [0.25, 0.3) is 0 Å². The molecule has 4 rings (SSSR count). The molecule has 2 aromatic heterocycles. The van der Waals surface area contributed by atoms with Crippen LogP contribution in [-0.4, -0.2) is 9.97 Å². The molecule has 2 heterocycles. The van der Waals surface area contributed by atoms with E-state index in [2.05, 4.69) is 58.8 Å². The number of fused-ring (bicyclic) bond motifs is 1. The molecule has 0 aliphatic heterocycles. The normalized spacial score (nSPS) is 11.4. The van der Waals surface area contributed by atoms with E-state index in [9.17, 15) is 0 Å². The molecule has 1 N–H and O–H groups in total. The van der Waals surface area contributed by atoms with Crippen LogP contribution in [0.2, 0.25) is 15.1 Å². The summed E-state index contributed by atoms with van der Waals surface area (Å²) in [7, 11) is 0. The van der Waals surface area contributed by atoms with Gasteiger partial charge in [-0.1, -0.05) is 72.9 Å². The Bertz CT molecular complexity index is 1150. The van der Waals surface area contributed by atoms with E-state index in [-0.39, 0.29) is 0 Å². The van der Waals surface area contributed by atoms with Crippen molar-refractivity contribution in [3.8, 4) is 11.1 Å². The van der Waals surface area contributed by atoms with E-state index >= 15 is 0 Å². The number of aromatic nitrogens is 2. The summed E-state index contributed by atoms with van der Waals surface area (Å²) in [6, 6.07) is 11.9. The summed E-state index contributed by atoms with van der Waals surface area (Å²) in [5, 5.41) is 7.65. The van der Waals surface area contributed by atoms with Crippen LogP contribution < -0.4 is 5.32 Å². The monoisotopic (exact) mass is 447 g/mol. The topological polar surface area (TPSA) is 37.8 Å². The van der Waals surface area contributed by atoms with Crippen LogP contribution >= 0.6 is 46.1 Å². The van der Waals surface area contributed by atoms with E-state index in [1.165, 1.54) is 11.9 Å². The highest BCUT2D eigenvalue weighted by Crippen LogP contribution is 2.40. The first-order valence-corrected chi connectivity index (χ1v) is 10.7. The highest BCUT2D eigenvalue weighted by atomic mass is 35.5. The van der Waals surface area contributed by atoms with Gasteiger partial charge in [-0.15, -0.1) is 11.3 Å². The molecular weight excluding hydrogens is 433 g/mol. The van der Waals surface area contributed by atoms with E-state index in [4.69, 9.17) is 34.8 Å². The molecule has 4 aromatic rings. The van der Waals surface area contributed by atoms with E-state index in [1.54, 1.807) is 23.5 Å². The van der Waals surface area contributed by atoms with Crippen molar-refractivity contribution in [2.24, 2.45) is 0 Å². The van der Waals surface area contributed by atoms with Crippen molar-refractivity contribution in [2.45, 2.75) is 19.8 Å². The largest absolute Gasteiger partial charge is 0.338 e. The van der Waals surface area contributed by atoms with Gasteiger partial charge in [0.05, 0.1) is 26.1 Å². The van der Waals surface area contributed by atoms with Gasteiger partial charge in [0, 0.05) is 10.9 Å². The van der Waals surface area contributed by atoms with Crippen LogP contribution in [0.1, 0.15) is 25.3 Å². The lowest BCUT2D eigenvalue weighted by molar-refractivity contribution is 0.867. The summed E-state index contributed by atoms with van der Waals surface area (Å²) in [5.74, 6) is 1.17. The summed E-state index contributed by atoms with van der Waals surface area (Å²) >= 11 is 20.1. The van der Waals surface area contributed by atoms with E-state index in [0.717, 1.165) is 21.3 Å². The van der Waals surface area contributed by atoms with Crippen LogP contribution in [0.25, 0.3) is 21.3 Å².